The molecular formula is C33H37NO4. The van der Waals surface area contributed by atoms with Crippen molar-refractivity contribution in [3.05, 3.63) is 94.4 Å². The number of rotatable bonds is 9. The summed E-state index contributed by atoms with van der Waals surface area (Å²) in [6.07, 6.45) is 6.95. The van der Waals surface area contributed by atoms with Gasteiger partial charge in [-0.15, -0.1) is 6.58 Å². The van der Waals surface area contributed by atoms with E-state index in [4.69, 9.17) is 9.47 Å². The van der Waals surface area contributed by atoms with Crippen molar-refractivity contribution in [2.75, 3.05) is 13.2 Å². The first-order valence-electron chi connectivity index (χ1n) is 13.9. The summed E-state index contributed by atoms with van der Waals surface area (Å²) >= 11 is 0. The number of nitrogens with zero attached hydrogens (tertiary/aromatic N) is 1. The Morgan fingerprint density at radius 2 is 1.58 bits per heavy atom. The van der Waals surface area contributed by atoms with Gasteiger partial charge in [0.15, 0.2) is 23.1 Å². The molecule has 1 heterocycles. The van der Waals surface area contributed by atoms with Crippen LogP contribution in [-0.4, -0.2) is 29.6 Å². The molecule has 2 aromatic rings. The molecule has 0 saturated heterocycles. The van der Waals surface area contributed by atoms with Crippen LogP contribution in [0.3, 0.4) is 0 Å². The molecular weight excluding hydrogens is 474 g/mol. The maximum atomic E-state index is 13.5. The number of ether oxygens (including phenoxy) is 2. The van der Waals surface area contributed by atoms with Crippen LogP contribution in [0.25, 0.3) is 0 Å². The second-order valence-corrected chi connectivity index (χ2v) is 10.2. The molecule has 3 aliphatic rings. The van der Waals surface area contributed by atoms with Gasteiger partial charge in [0.2, 0.25) is 0 Å². The summed E-state index contributed by atoms with van der Waals surface area (Å²) < 4.78 is 12.5. The molecule has 198 valence electrons. The van der Waals surface area contributed by atoms with E-state index in [1.165, 1.54) is 0 Å². The minimum atomic E-state index is -0.366. The predicted molar refractivity (Wildman–Crippen MR) is 149 cm³/mol. The molecule has 38 heavy (non-hydrogen) atoms. The van der Waals surface area contributed by atoms with Crippen molar-refractivity contribution in [3.63, 3.8) is 0 Å². The average Bonchev–Trinajstić information content (AvgIpc) is 2.92. The molecule has 0 amide bonds. The maximum Gasteiger partial charge on any atom is 0.165 e. The monoisotopic (exact) mass is 511 g/mol. The fraction of sp³-hybridized carbons (Fsp3) is 0.394. The number of Topliss-reactive ketones (excluding diaryl/α,β-unsaturated/α-hetero) is 2. The summed E-state index contributed by atoms with van der Waals surface area (Å²) in [5.41, 5.74) is 6.77. The SMILES string of the molecule is C=CCc1cc(C2C3=C(CCCC3=O)N(CC)C3=C2C(=O)CCC3)cc(OCC)c1OCc1ccccc1. The summed E-state index contributed by atoms with van der Waals surface area (Å²) in [7, 11) is 0. The highest BCUT2D eigenvalue weighted by Crippen LogP contribution is 2.50. The summed E-state index contributed by atoms with van der Waals surface area (Å²) in [4.78, 5) is 29.3. The lowest BCUT2D eigenvalue weighted by Gasteiger charge is -2.43. The molecule has 0 spiro atoms. The third-order valence-electron chi connectivity index (χ3n) is 7.78. The quantitative estimate of drug-likeness (QED) is 0.346. The standard InChI is InChI=1S/C33H37NO4/c1-4-12-23-19-24(20-29(37-6-3)33(23)38-21-22-13-8-7-9-14-22)30-31-25(15-10-17-27(31)35)34(5-2)26-16-11-18-28(36)32(26)30/h4,7-9,13-14,19-20,30H,1,5-6,10-12,15-18,21H2,2-3H3. The smallest absolute Gasteiger partial charge is 0.165 e. The van der Waals surface area contributed by atoms with Crippen LogP contribution < -0.4 is 9.47 Å². The van der Waals surface area contributed by atoms with Gasteiger partial charge >= 0.3 is 0 Å². The van der Waals surface area contributed by atoms with E-state index >= 15 is 0 Å². The predicted octanol–water partition coefficient (Wildman–Crippen LogP) is 6.83. The van der Waals surface area contributed by atoms with E-state index in [9.17, 15) is 9.59 Å². The van der Waals surface area contributed by atoms with E-state index in [2.05, 4.69) is 24.5 Å². The summed E-state index contributed by atoms with van der Waals surface area (Å²) in [5, 5.41) is 0. The van der Waals surface area contributed by atoms with Gasteiger partial charge in [0.1, 0.15) is 6.61 Å². The van der Waals surface area contributed by atoms with Crippen LogP contribution in [-0.2, 0) is 22.6 Å². The molecule has 5 rings (SSSR count). The lowest BCUT2D eigenvalue weighted by atomic mass is 9.70. The van der Waals surface area contributed by atoms with Gasteiger partial charge in [-0.1, -0.05) is 42.5 Å². The van der Waals surface area contributed by atoms with Crippen molar-refractivity contribution in [1.29, 1.82) is 0 Å². The second-order valence-electron chi connectivity index (χ2n) is 10.2. The largest absolute Gasteiger partial charge is 0.490 e. The van der Waals surface area contributed by atoms with Gasteiger partial charge in [-0.05, 0) is 63.1 Å². The molecule has 0 saturated carbocycles. The minimum absolute atomic E-state index is 0.159. The van der Waals surface area contributed by atoms with Gasteiger partial charge < -0.3 is 14.4 Å². The third-order valence-corrected chi connectivity index (χ3v) is 7.78. The van der Waals surface area contributed by atoms with E-state index in [1.54, 1.807) is 0 Å². The lowest BCUT2D eigenvalue weighted by Crippen LogP contribution is -2.39. The molecule has 0 radical (unpaired) electrons. The van der Waals surface area contributed by atoms with Gasteiger partial charge in [0.25, 0.3) is 0 Å². The number of allylic oxidation sites excluding steroid dienone is 5. The Bertz CT molecular complexity index is 1260. The third kappa shape index (κ3) is 4.82. The highest BCUT2D eigenvalue weighted by Gasteiger charge is 2.43. The van der Waals surface area contributed by atoms with Crippen molar-refractivity contribution < 1.29 is 19.1 Å². The van der Waals surface area contributed by atoms with Crippen molar-refractivity contribution >= 4 is 11.6 Å². The Labute approximate surface area is 225 Å². The Morgan fingerprint density at radius 3 is 2.16 bits per heavy atom. The first-order valence-corrected chi connectivity index (χ1v) is 13.9. The highest BCUT2D eigenvalue weighted by molar-refractivity contribution is 6.06. The van der Waals surface area contributed by atoms with Gasteiger partial charge in [0, 0.05) is 53.4 Å². The Kier molecular flexibility index (Phi) is 7.82. The van der Waals surface area contributed by atoms with Crippen molar-refractivity contribution in [2.24, 2.45) is 0 Å². The van der Waals surface area contributed by atoms with E-state index in [1.807, 2.05) is 49.4 Å². The molecule has 0 bridgehead atoms. The molecule has 0 unspecified atom stereocenters. The van der Waals surface area contributed by atoms with Crippen LogP contribution in [0.1, 0.15) is 75.0 Å². The van der Waals surface area contributed by atoms with Crippen molar-refractivity contribution in [3.8, 4) is 11.5 Å². The Hall–Kier alpha value is -3.60. The molecule has 2 aliphatic carbocycles. The zero-order valence-corrected chi connectivity index (χ0v) is 22.6. The summed E-state index contributed by atoms with van der Waals surface area (Å²) in [6, 6.07) is 14.2. The normalized spacial score (nSPS) is 17.9. The first-order chi connectivity index (χ1) is 18.6. The van der Waals surface area contributed by atoms with Gasteiger partial charge in [-0.3, -0.25) is 9.59 Å². The lowest BCUT2D eigenvalue weighted by molar-refractivity contribution is -0.117. The maximum absolute atomic E-state index is 13.5. The van der Waals surface area contributed by atoms with E-state index < -0.39 is 0 Å². The van der Waals surface area contributed by atoms with Crippen LogP contribution in [0.5, 0.6) is 11.5 Å². The number of benzene rings is 2. The zero-order valence-electron chi connectivity index (χ0n) is 22.6. The van der Waals surface area contributed by atoms with Crippen LogP contribution in [0.2, 0.25) is 0 Å². The van der Waals surface area contributed by atoms with Crippen LogP contribution in [0.15, 0.2) is 77.7 Å². The molecule has 5 nitrogen and oxygen atoms in total. The number of hydrogen-bond acceptors (Lipinski definition) is 5. The van der Waals surface area contributed by atoms with Gasteiger partial charge in [-0.25, -0.2) is 0 Å². The van der Waals surface area contributed by atoms with Crippen molar-refractivity contribution in [1.82, 2.24) is 4.90 Å². The Balaban J connectivity index is 1.67. The minimum Gasteiger partial charge on any atom is -0.490 e. The van der Waals surface area contributed by atoms with E-state index in [0.29, 0.717) is 44.0 Å². The molecule has 2 aromatic carbocycles. The number of hydrogen-bond donors (Lipinski definition) is 0. The second kappa shape index (κ2) is 11.4. The molecule has 0 atom stereocenters. The first kappa shape index (κ1) is 26.0. The topological polar surface area (TPSA) is 55.8 Å². The molecule has 0 aromatic heterocycles. The fourth-order valence-corrected chi connectivity index (χ4v) is 6.25. The molecule has 5 heteroatoms. The van der Waals surface area contributed by atoms with E-state index in [-0.39, 0.29) is 17.5 Å². The summed E-state index contributed by atoms with van der Waals surface area (Å²) in [5.74, 6) is 1.29. The fourth-order valence-electron chi connectivity index (χ4n) is 6.25. The molecule has 0 fully saturated rings. The van der Waals surface area contributed by atoms with Gasteiger partial charge in [0.05, 0.1) is 6.61 Å². The van der Waals surface area contributed by atoms with Crippen LogP contribution in [0.4, 0.5) is 0 Å². The van der Waals surface area contributed by atoms with Crippen LogP contribution in [0, 0.1) is 0 Å². The molecule has 0 N–H and O–H groups in total. The molecule has 1 aliphatic heterocycles. The average molecular weight is 512 g/mol. The van der Waals surface area contributed by atoms with E-state index in [0.717, 1.165) is 71.5 Å². The number of ketones is 2. The number of carbonyl (C=O) groups excluding carboxylic acids is 2. The van der Waals surface area contributed by atoms with Crippen LogP contribution >= 0.6 is 0 Å². The number of carbonyl (C=O) groups is 2. The Morgan fingerprint density at radius 1 is 0.921 bits per heavy atom. The zero-order chi connectivity index (χ0) is 26.6. The van der Waals surface area contributed by atoms with Gasteiger partial charge in [-0.2, -0.15) is 0 Å². The highest BCUT2D eigenvalue weighted by atomic mass is 16.5. The summed E-state index contributed by atoms with van der Waals surface area (Å²) in [6.45, 7) is 9.71. The van der Waals surface area contributed by atoms with Crippen molar-refractivity contribution in [2.45, 2.75) is 71.3 Å².